The third-order valence-electron chi connectivity index (χ3n) is 2.86. The number of cyclic esters (lactones) is 1. The summed E-state index contributed by atoms with van der Waals surface area (Å²) in [6.45, 7) is 0. The van der Waals surface area contributed by atoms with Crippen LogP contribution in [0.4, 0.5) is 8.78 Å². The van der Waals surface area contributed by atoms with Crippen LogP contribution in [0.15, 0.2) is 42.5 Å². The normalized spacial score (nSPS) is 15.5. The molecule has 0 spiro atoms. The molecule has 0 bridgehead atoms. The average molecular weight is 258 g/mol. The molecular formula is C15H8F2O2. The van der Waals surface area contributed by atoms with Crippen LogP contribution in [0.5, 0.6) is 0 Å². The molecule has 1 heterocycles. The Labute approximate surface area is 107 Å². The van der Waals surface area contributed by atoms with Crippen LogP contribution in [-0.2, 0) is 4.74 Å². The number of rotatable bonds is 1. The third kappa shape index (κ3) is 2.01. The highest BCUT2D eigenvalue weighted by atomic mass is 19.2. The van der Waals surface area contributed by atoms with Crippen LogP contribution >= 0.6 is 0 Å². The van der Waals surface area contributed by atoms with Gasteiger partial charge < -0.3 is 4.74 Å². The van der Waals surface area contributed by atoms with Crippen molar-refractivity contribution in [1.82, 2.24) is 0 Å². The number of halogens is 2. The summed E-state index contributed by atoms with van der Waals surface area (Å²) in [6.07, 6.45) is 1.51. The number of ether oxygens (including phenoxy) is 1. The molecular weight excluding hydrogens is 250 g/mol. The van der Waals surface area contributed by atoms with Crippen LogP contribution in [0.3, 0.4) is 0 Å². The van der Waals surface area contributed by atoms with Crippen LogP contribution < -0.4 is 0 Å². The summed E-state index contributed by atoms with van der Waals surface area (Å²) in [7, 11) is 0. The van der Waals surface area contributed by atoms with Crippen molar-refractivity contribution in [3.8, 4) is 0 Å². The van der Waals surface area contributed by atoms with Gasteiger partial charge >= 0.3 is 5.97 Å². The van der Waals surface area contributed by atoms with E-state index in [1.165, 1.54) is 12.1 Å². The third-order valence-corrected chi connectivity index (χ3v) is 2.86. The van der Waals surface area contributed by atoms with Gasteiger partial charge in [0.1, 0.15) is 5.76 Å². The molecule has 1 aliphatic heterocycles. The number of hydrogen-bond acceptors (Lipinski definition) is 2. The Morgan fingerprint density at radius 2 is 1.68 bits per heavy atom. The Balaban J connectivity index is 2.06. The zero-order valence-electron chi connectivity index (χ0n) is 9.69. The van der Waals surface area contributed by atoms with E-state index in [-0.39, 0.29) is 0 Å². The van der Waals surface area contributed by atoms with Gasteiger partial charge in [-0.05, 0) is 29.8 Å². The highest BCUT2D eigenvalue weighted by Crippen LogP contribution is 2.31. The first kappa shape index (κ1) is 11.6. The van der Waals surface area contributed by atoms with E-state index in [1.54, 1.807) is 24.3 Å². The molecule has 3 rings (SSSR count). The van der Waals surface area contributed by atoms with Gasteiger partial charge in [-0.2, -0.15) is 0 Å². The molecule has 4 heteroatoms. The number of carbonyl (C=O) groups excluding carboxylic acids is 1. The average Bonchev–Trinajstić information content (AvgIpc) is 2.72. The molecule has 0 unspecified atom stereocenters. The van der Waals surface area contributed by atoms with Crippen molar-refractivity contribution >= 4 is 17.8 Å². The van der Waals surface area contributed by atoms with Crippen molar-refractivity contribution in [2.24, 2.45) is 0 Å². The van der Waals surface area contributed by atoms with Gasteiger partial charge in [0.15, 0.2) is 11.6 Å². The molecule has 0 fully saturated rings. The number of hydrogen-bond donors (Lipinski definition) is 0. The van der Waals surface area contributed by atoms with Gasteiger partial charge in [-0.1, -0.05) is 24.3 Å². The van der Waals surface area contributed by atoms with Gasteiger partial charge in [0, 0.05) is 5.56 Å². The Morgan fingerprint density at radius 1 is 0.947 bits per heavy atom. The molecule has 0 saturated heterocycles. The fraction of sp³-hybridized carbons (Fsp3) is 0. The number of fused-ring (bicyclic) bond motifs is 1. The molecule has 19 heavy (non-hydrogen) atoms. The molecule has 0 atom stereocenters. The molecule has 2 nitrogen and oxygen atoms in total. The van der Waals surface area contributed by atoms with Gasteiger partial charge in [0.2, 0.25) is 0 Å². The molecule has 0 radical (unpaired) electrons. The Hall–Kier alpha value is -2.49. The molecule has 0 aromatic heterocycles. The number of benzene rings is 2. The predicted molar refractivity (Wildman–Crippen MR) is 66.1 cm³/mol. The monoisotopic (exact) mass is 258 g/mol. The van der Waals surface area contributed by atoms with E-state index in [4.69, 9.17) is 4.74 Å². The molecule has 0 aliphatic carbocycles. The van der Waals surface area contributed by atoms with E-state index in [2.05, 4.69) is 0 Å². The Bertz CT molecular complexity index is 705. The largest absolute Gasteiger partial charge is 0.422 e. The van der Waals surface area contributed by atoms with Crippen molar-refractivity contribution in [2.75, 3.05) is 0 Å². The first-order valence-corrected chi connectivity index (χ1v) is 5.63. The highest BCUT2D eigenvalue weighted by Gasteiger charge is 2.25. The first-order valence-electron chi connectivity index (χ1n) is 5.63. The van der Waals surface area contributed by atoms with Crippen LogP contribution in [0.1, 0.15) is 21.5 Å². The second-order valence-electron chi connectivity index (χ2n) is 4.12. The maximum absolute atomic E-state index is 13.1. The van der Waals surface area contributed by atoms with Crippen LogP contribution in [0.25, 0.3) is 11.8 Å². The zero-order chi connectivity index (χ0) is 13.4. The van der Waals surface area contributed by atoms with Crippen molar-refractivity contribution in [2.45, 2.75) is 0 Å². The maximum atomic E-state index is 13.1. The molecule has 0 N–H and O–H groups in total. The molecule has 2 aromatic rings. The van der Waals surface area contributed by atoms with E-state index in [0.717, 1.165) is 12.1 Å². The lowest BCUT2D eigenvalue weighted by Gasteiger charge is -2.00. The van der Waals surface area contributed by atoms with Crippen molar-refractivity contribution < 1.29 is 18.3 Å². The molecule has 2 aromatic carbocycles. The minimum absolute atomic E-state index is 0.339. The zero-order valence-corrected chi connectivity index (χ0v) is 9.69. The second kappa shape index (κ2) is 4.31. The summed E-state index contributed by atoms with van der Waals surface area (Å²) in [6, 6.07) is 10.4. The summed E-state index contributed by atoms with van der Waals surface area (Å²) in [5.41, 5.74) is 1.55. The molecule has 0 saturated carbocycles. The first-order chi connectivity index (χ1) is 9.15. The number of carbonyl (C=O) groups is 1. The van der Waals surface area contributed by atoms with Crippen LogP contribution in [0.2, 0.25) is 0 Å². The lowest BCUT2D eigenvalue weighted by Crippen LogP contribution is -1.92. The maximum Gasteiger partial charge on any atom is 0.344 e. The summed E-state index contributed by atoms with van der Waals surface area (Å²) in [4.78, 5) is 11.6. The van der Waals surface area contributed by atoms with E-state index < -0.39 is 17.6 Å². The van der Waals surface area contributed by atoms with E-state index in [1.807, 2.05) is 0 Å². The topological polar surface area (TPSA) is 26.3 Å². The minimum Gasteiger partial charge on any atom is -0.422 e. The standard InChI is InChI=1S/C15H8F2O2/c16-12-6-5-9(7-13(12)17)8-14-10-3-1-2-4-11(10)15(18)19-14/h1-8H. The summed E-state index contributed by atoms with van der Waals surface area (Å²) >= 11 is 0. The summed E-state index contributed by atoms with van der Waals surface area (Å²) in [5.74, 6) is -1.95. The fourth-order valence-corrected chi connectivity index (χ4v) is 1.95. The van der Waals surface area contributed by atoms with Crippen molar-refractivity contribution in [3.05, 3.63) is 70.8 Å². The van der Waals surface area contributed by atoms with Gasteiger partial charge in [-0.15, -0.1) is 0 Å². The van der Waals surface area contributed by atoms with Crippen molar-refractivity contribution in [1.29, 1.82) is 0 Å². The fourth-order valence-electron chi connectivity index (χ4n) is 1.95. The van der Waals surface area contributed by atoms with Crippen LogP contribution in [-0.4, -0.2) is 5.97 Å². The molecule has 94 valence electrons. The Kier molecular flexibility index (Phi) is 2.63. The second-order valence-corrected chi connectivity index (χ2v) is 4.12. The lowest BCUT2D eigenvalue weighted by atomic mass is 10.1. The SMILES string of the molecule is O=C1OC(=Cc2ccc(F)c(F)c2)c2ccccc21. The molecule has 1 aliphatic rings. The van der Waals surface area contributed by atoms with E-state index >= 15 is 0 Å². The predicted octanol–water partition coefficient (Wildman–Crippen LogP) is 3.63. The van der Waals surface area contributed by atoms with Gasteiger partial charge in [0.05, 0.1) is 5.56 Å². The van der Waals surface area contributed by atoms with Crippen molar-refractivity contribution in [3.63, 3.8) is 0 Å². The minimum atomic E-state index is -0.938. The number of esters is 1. The lowest BCUT2D eigenvalue weighted by molar-refractivity contribution is 0.0717. The molecule has 0 amide bonds. The van der Waals surface area contributed by atoms with Crippen LogP contribution in [0, 0.1) is 11.6 Å². The van der Waals surface area contributed by atoms with E-state index in [9.17, 15) is 13.6 Å². The summed E-state index contributed by atoms with van der Waals surface area (Å²) in [5, 5.41) is 0. The quantitative estimate of drug-likeness (QED) is 0.730. The Morgan fingerprint density at radius 3 is 2.42 bits per heavy atom. The van der Waals surface area contributed by atoms with Gasteiger partial charge in [-0.25, -0.2) is 13.6 Å². The van der Waals surface area contributed by atoms with Gasteiger partial charge in [0.25, 0.3) is 0 Å². The van der Waals surface area contributed by atoms with E-state index in [0.29, 0.717) is 22.4 Å². The smallest absolute Gasteiger partial charge is 0.344 e. The van der Waals surface area contributed by atoms with Gasteiger partial charge in [-0.3, -0.25) is 0 Å². The highest BCUT2D eigenvalue weighted by molar-refractivity contribution is 6.05. The summed E-state index contributed by atoms with van der Waals surface area (Å²) < 4.78 is 31.1.